The number of methoxy groups -OCH3 is 1. The number of rotatable bonds is 2. The maximum absolute atomic E-state index is 12.1. The van der Waals surface area contributed by atoms with Crippen LogP contribution in [0.1, 0.15) is 1.43 Å². The van der Waals surface area contributed by atoms with Crippen molar-refractivity contribution in [1.82, 2.24) is 0 Å². The maximum atomic E-state index is 12.1. The van der Waals surface area contributed by atoms with Crippen LogP contribution < -0.4 is 10.2 Å². The van der Waals surface area contributed by atoms with Crippen molar-refractivity contribution in [3.8, 4) is 5.75 Å². The summed E-state index contributed by atoms with van der Waals surface area (Å²) in [5.74, 6) is 0.228. The van der Waals surface area contributed by atoms with Gasteiger partial charge in [-0.25, -0.2) is 0 Å². The van der Waals surface area contributed by atoms with E-state index in [1.165, 1.54) is 19.2 Å². The van der Waals surface area contributed by atoms with Gasteiger partial charge in [-0.1, -0.05) is 12.1 Å². The molecule has 1 aromatic rings. The van der Waals surface area contributed by atoms with Crippen LogP contribution in [0.4, 0.5) is 12.9 Å². The van der Waals surface area contributed by atoms with Gasteiger partial charge in [0.1, 0.15) is 5.75 Å². The average Bonchev–Trinajstić information content (AvgIpc) is 2.03. The summed E-state index contributed by atoms with van der Waals surface area (Å²) >= 11 is 0. The fourth-order valence-electron chi connectivity index (χ4n) is 0.845. The molecular weight excluding hydrogens is 207 g/mol. The molecule has 0 amide bonds. The second-order valence-electron chi connectivity index (χ2n) is 2.35. The Morgan fingerprint density at radius 2 is 1.92 bits per heavy atom. The first-order valence-electron chi connectivity index (χ1n) is 3.38. The van der Waals surface area contributed by atoms with Gasteiger partial charge in [0, 0.05) is 51.4 Å². The molecule has 1 rings (SSSR count). The Morgan fingerprint density at radius 3 is 2.38 bits per heavy atom. The van der Waals surface area contributed by atoms with Gasteiger partial charge in [-0.15, -0.1) is 5.46 Å². The predicted octanol–water partition coefficient (Wildman–Crippen LogP) is 1.48. The Bertz CT molecular complexity index is 282. The number of hydrogen-bond acceptors (Lipinski definition) is 1. The third-order valence-electron chi connectivity index (χ3n) is 1.47. The standard InChI is InChI=1S/C7H7BF3O.K/c1-12-7-4-2-3-6(5-7)8(9,10)11;/h2-5H,1H3;/q-1;/p+1. The average molecular weight is 215 g/mol. The Labute approximate surface area is 119 Å². The summed E-state index contributed by atoms with van der Waals surface area (Å²) in [6.45, 7) is -4.91. The van der Waals surface area contributed by atoms with Crippen LogP contribution in [-0.2, 0) is 0 Å². The monoisotopic (exact) mass is 215 g/mol. The fourth-order valence-corrected chi connectivity index (χ4v) is 0.845. The number of benzene rings is 1. The molecule has 1 radical (unpaired) electrons. The van der Waals surface area contributed by atoms with Crippen molar-refractivity contribution in [1.29, 1.82) is 0 Å². The summed E-state index contributed by atoms with van der Waals surface area (Å²) in [5, 5.41) is 0. The van der Waals surface area contributed by atoms with Gasteiger partial charge >= 0.3 is 8.40 Å². The van der Waals surface area contributed by atoms with Crippen molar-refractivity contribution in [2.45, 2.75) is 0 Å². The molecule has 0 fully saturated rings. The van der Waals surface area contributed by atoms with Crippen molar-refractivity contribution in [3.05, 3.63) is 24.3 Å². The van der Waals surface area contributed by atoms with Gasteiger partial charge in [0.2, 0.25) is 0 Å². The quantitative estimate of drug-likeness (QED) is 0.679. The van der Waals surface area contributed by atoms with Crippen molar-refractivity contribution in [3.63, 3.8) is 0 Å². The first-order chi connectivity index (χ1) is 5.54. The minimum absolute atomic E-state index is 0. The molecule has 0 aliphatic rings. The molecule has 0 aromatic heterocycles. The van der Waals surface area contributed by atoms with Gasteiger partial charge in [0.05, 0.1) is 7.11 Å². The minimum atomic E-state index is -4.91. The van der Waals surface area contributed by atoms with E-state index < -0.39 is 12.4 Å². The number of ether oxygens (including phenoxy) is 1. The van der Waals surface area contributed by atoms with E-state index in [-0.39, 0.29) is 58.6 Å². The molecule has 1 nitrogen and oxygen atoms in total. The van der Waals surface area contributed by atoms with Crippen LogP contribution in [0.5, 0.6) is 5.75 Å². The van der Waals surface area contributed by atoms with Crippen LogP contribution in [0.25, 0.3) is 0 Å². The molecule has 0 heterocycles. The van der Waals surface area contributed by atoms with E-state index in [0.717, 1.165) is 12.1 Å². The number of hydrogen-bond donors (Lipinski definition) is 0. The molecule has 67 valence electrons. The van der Waals surface area contributed by atoms with E-state index in [9.17, 15) is 12.9 Å². The molecule has 0 saturated carbocycles. The van der Waals surface area contributed by atoms with E-state index >= 15 is 0 Å². The Morgan fingerprint density at radius 1 is 1.31 bits per heavy atom. The van der Waals surface area contributed by atoms with Gasteiger partial charge < -0.3 is 17.7 Å². The minimum Gasteiger partial charge on any atom is -0.497 e. The molecular formula is C7H8BF3KO. The molecule has 0 bridgehead atoms. The van der Waals surface area contributed by atoms with E-state index in [1.54, 1.807) is 0 Å². The first-order valence-corrected chi connectivity index (χ1v) is 3.38. The van der Waals surface area contributed by atoms with E-state index in [0.29, 0.717) is 0 Å². The molecule has 0 aliphatic heterocycles. The zero-order chi connectivity index (χ0) is 9.19. The second-order valence-corrected chi connectivity index (χ2v) is 2.35. The Hall–Kier alpha value is 0.511. The summed E-state index contributed by atoms with van der Waals surface area (Å²) < 4.78 is 41.0. The van der Waals surface area contributed by atoms with Crippen LogP contribution in [0.3, 0.4) is 0 Å². The molecule has 0 N–H and O–H groups in total. The largest absolute Gasteiger partial charge is 1.00 e. The van der Waals surface area contributed by atoms with Gasteiger partial charge in [-0.2, -0.15) is 0 Å². The molecule has 0 aliphatic carbocycles. The van der Waals surface area contributed by atoms with Crippen LogP contribution in [0.2, 0.25) is 0 Å². The Balaban J connectivity index is 0. The molecule has 13 heavy (non-hydrogen) atoms. The summed E-state index contributed by atoms with van der Waals surface area (Å²) in [7, 11) is 1.34. The SMILES string of the molecule is COc1cccc([B-](F)(F)F)c1.[H+].[K]. The fraction of sp³-hybridized carbons (Fsp3) is 0.143. The predicted molar refractivity (Wildman–Crippen MR) is 48.6 cm³/mol. The smallest absolute Gasteiger partial charge is 0.497 e. The van der Waals surface area contributed by atoms with E-state index in [1.807, 2.05) is 0 Å². The third kappa shape index (κ3) is 4.03. The molecule has 0 unspecified atom stereocenters. The second kappa shape index (κ2) is 5.41. The van der Waals surface area contributed by atoms with E-state index in [4.69, 9.17) is 0 Å². The summed E-state index contributed by atoms with van der Waals surface area (Å²) in [5.41, 5.74) is -0.630. The van der Waals surface area contributed by atoms with Crippen molar-refractivity contribution < 1.29 is 19.1 Å². The summed E-state index contributed by atoms with van der Waals surface area (Å²) in [6, 6.07) is 4.82. The molecule has 6 heteroatoms. The van der Waals surface area contributed by atoms with Crippen LogP contribution in [0.15, 0.2) is 24.3 Å². The molecule has 0 saturated heterocycles. The zero-order valence-electron chi connectivity index (χ0n) is 8.43. The van der Waals surface area contributed by atoms with Crippen molar-refractivity contribution >= 4 is 63.8 Å². The summed E-state index contributed by atoms with van der Waals surface area (Å²) in [6.07, 6.45) is 0. The normalized spacial score (nSPS) is 10.5. The van der Waals surface area contributed by atoms with Gasteiger partial charge in [0.15, 0.2) is 0 Å². The van der Waals surface area contributed by atoms with Crippen molar-refractivity contribution in [2.24, 2.45) is 0 Å². The van der Waals surface area contributed by atoms with Crippen LogP contribution in [-0.4, -0.2) is 65.5 Å². The third-order valence-corrected chi connectivity index (χ3v) is 1.47. The van der Waals surface area contributed by atoms with Gasteiger partial charge in [-0.05, 0) is 12.1 Å². The number of halogens is 3. The topological polar surface area (TPSA) is 9.23 Å². The zero-order valence-corrected chi connectivity index (χ0v) is 10.6. The summed E-state index contributed by atoms with van der Waals surface area (Å²) in [4.78, 5) is 0. The van der Waals surface area contributed by atoms with Gasteiger partial charge in [-0.3, -0.25) is 0 Å². The van der Waals surface area contributed by atoms with Crippen LogP contribution >= 0.6 is 0 Å². The maximum Gasteiger partial charge on any atom is 1.00 e. The van der Waals surface area contributed by atoms with E-state index in [2.05, 4.69) is 4.74 Å². The molecule has 1 aromatic carbocycles. The van der Waals surface area contributed by atoms with Crippen LogP contribution in [0, 0.1) is 0 Å². The molecule has 0 atom stereocenters. The first kappa shape index (κ1) is 13.5. The Kier molecular flexibility index (Phi) is 5.62. The molecule has 0 spiro atoms. The van der Waals surface area contributed by atoms with Crippen molar-refractivity contribution in [2.75, 3.05) is 7.11 Å². The van der Waals surface area contributed by atoms with Gasteiger partial charge in [0.25, 0.3) is 0 Å².